The zero-order valence-electron chi connectivity index (χ0n) is 11.7. The highest BCUT2D eigenvalue weighted by atomic mass is 16.4. The van der Waals surface area contributed by atoms with E-state index < -0.39 is 5.97 Å². The number of amides is 2. The lowest BCUT2D eigenvalue weighted by Crippen LogP contribution is -2.52. The summed E-state index contributed by atoms with van der Waals surface area (Å²) in [7, 11) is 0. The van der Waals surface area contributed by atoms with Crippen LogP contribution in [-0.2, 0) is 4.79 Å². The van der Waals surface area contributed by atoms with Crippen LogP contribution in [0.25, 0.3) is 0 Å². The SMILES string of the molecule is CC1(NC(=O)N2CCCC(CC(=O)O)C2)CCCC1. The van der Waals surface area contributed by atoms with E-state index in [1.165, 1.54) is 12.8 Å². The van der Waals surface area contributed by atoms with E-state index in [0.717, 1.165) is 32.2 Å². The van der Waals surface area contributed by atoms with Gasteiger partial charge in [-0.05, 0) is 38.5 Å². The number of carboxylic acids is 1. The van der Waals surface area contributed by atoms with Gasteiger partial charge in [0.2, 0.25) is 0 Å². The fourth-order valence-electron chi connectivity index (χ4n) is 3.28. The molecule has 0 radical (unpaired) electrons. The fraction of sp³-hybridized carbons (Fsp3) is 0.857. The number of hydrogen-bond donors (Lipinski definition) is 2. The summed E-state index contributed by atoms with van der Waals surface area (Å²) in [5.74, 6) is -0.664. The molecule has 2 fully saturated rings. The second kappa shape index (κ2) is 5.80. The number of nitrogens with one attached hydrogen (secondary N) is 1. The lowest BCUT2D eigenvalue weighted by atomic mass is 9.95. The van der Waals surface area contributed by atoms with Gasteiger partial charge in [-0.3, -0.25) is 4.79 Å². The van der Waals surface area contributed by atoms with Gasteiger partial charge in [0.15, 0.2) is 0 Å². The van der Waals surface area contributed by atoms with Gasteiger partial charge in [-0.2, -0.15) is 0 Å². The third-order valence-corrected chi connectivity index (χ3v) is 4.39. The van der Waals surface area contributed by atoms with Crippen LogP contribution in [0, 0.1) is 5.92 Å². The van der Waals surface area contributed by atoms with Gasteiger partial charge in [0.1, 0.15) is 0 Å². The third-order valence-electron chi connectivity index (χ3n) is 4.39. The van der Waals surface area contributed by atoms with Crippen LogP contribution >= 0.6 is 0 Å². The van der Waals surface area contributed by atoms with Gasteiger partial charge in [0.05, 0.1) is 0 Å². The number of aliphatic carboxylic acids is 1. The summed E-state index contributed by atoms with van der Waals surface area (Å²) >= 11 is 0. The highest BCUT2D eigenvalue weighted by molar-refractivity contribution is 5.75. The maximum absolute atomic E-state index is 12.3. The molecular weight excluding hydrogens is 244 g/mol. The summed E-state index contributed by atoms with van der Waals surface area (Å²) in [4.78, 5) is 24.8. The minimum absolute atomic E-state index is 0.0144. The molecule has 1 atom stereocenters. The van der Waals surface area contributed by atoms with Gasteiger partial charge in [-0.15, -0.1) is 0 Å². The molecule has 1 saturated carbocycles. The second-order valence-corrected chi connectivity index (χ2v) is 6.25. The fourth-order valence-corrected chi connectivity index (χ4v) is 3.28. The molecule has 0 aromatic heterocycles. The monoisotopic (exact) mass is 268 g/mol. The van der Waals surface area contributed by atoms with Crippen LogP contribution in [0.5, 0.6) is 0 Å². The van der Waals surface area contributed by atoms with Crippen molar-refractivity contribution in [3.05, 3.63) is 0 Å². The first-order valence-corrected chi connectivity index (χ1v) is 7.27. The largest absolute Gasteiger partial charge is 0.481 e. The maximum Gasteiger partial charge on any atom is 0.317 e. The zero-order chi connectivity index (χ0) is 13.9. The van der Waals surface area contributed by atoms with Gasteiger partial charge in [-0.1, -0.05) is 12.8 Å². The first-order chi connectivity index (χ1) is 8.98. The normalized spacial score (nSPS) is 26.2. The molecule has 1 heterocycles. The molecule has 2 aliphatic rings. The Morgan fingerprint density at radius 2 is 2.00 bits per heavy atom. The van der Waals surface area contributed by atoms with Crippen molar-refractivity contribution in [3.63, 3.8) is 0 Å². The quantitative estimate of drug-likeness (QED) is 0.824. The topological polar surface area (TPSA) is 69.6 Å². The predicted molar refractivity (Wildman–Crippen MR) is 72.0 cm³/mol. The van der Waals surface area contributed by atoms with Crippen LogP contribution in [-0.4, -0.2) is 40.6 Å². The summed E-state index contributed by atoms with van der Waals surface area (Å²) < 4.78 is 0. The highest BCUT2D eigenvalue weighted by Gasteiger charge is 2.33. The molecule has 1 aliphatic heterocycles. The van der Waals surface area contributed by atoms with Crippen molar-refractivity contribution < 1.29 is 14.7 Å². The number of urea groups is 1. The van der Waals surface area contributed by atoms with E-state index in [0.29, 0.717) is 6.54 Å². The van der Waals surface area contributed by atoms with Gasteiger partial charge in [0, 0.05) is 25.0 Å². The molecule has 0 aromatic rings. The van der Waals surface area contributed by atoms with E-state index in [4.69, 9.17) is 5.11 Å². The highest BCUT2D eigenvalue weighted by Crippen LogP contribution is 2.29. The third kappa shape index (κ3) is 3.85. The Kier molecular flexibility index (Phi) is 4.32. The zero-order valence-corrected chi connectivity index (χ0v) is 11.7. The maximum atomic E-state index is 12.3. The molecule has 0 aromatic carbocycles. The van der Waals surface area contributed by atoms with Crippen molar-refractivity contribution in [1.82, 2.24) is 10.2 Å². The Labute approximate surface area is 114 Å². The Balaban J connectivity index is 1.86. The average Bonchev–Trinajstić information content (AvgIpc) is 2.75. The Bertz CT molecular complexity index is 351. The standard InChI is InChI=1S/C14H24N2O3/c1-14(6-2-3-7-14)15-13(19)16-8-4-5-11(10-16)9-12(17)18/h11H,2-10H2,1H3,(H,15,19)(H,17,18). The van der Waals surface area contributed by atoms with Crippen molar-refractivity contribution >= 4 is 12.0 Å². The van der Waals surface area contributed by atoms with Crippen LogP contribution < -0.4 is 5.32 Å². The number of carboxylic acid groups (broad SMARTS) is 1. The molecule has 2 N–H and O–H groups in total. The van der Waals surface area contributed by atoms with E-state index >= 15 is 0 Å². The number of rotatable bonds is 3. The van der Waals surface area contributed by atoms with Gasteiger partial charge in [0.25, 0.3) is 0 Å². The van der Waals surface area contributed by atoms with E-state index in [1.807, 2.05) is 0 Å². The van der Waals surface area contributed by atoms with Gasteiger partial charge >= 0.3 is 12.0 Å². The van der Waals surface area contributed by atoms with E-state index in [9.17, 15) is 9.59 Å². The van der Waals surface area contributed by atoms with Crippen molar-refractivity contribution in [1.29, 1.82) is 0 Å². The molecule has 0 spiro atoms. The average molecular weight is 268 g/mol. The lowest BCUT2D eigenvalue weighted by Gasteiger charge is -2.35. The van der Waals surface area contributed by atoms with Crippen LogP contribution in [0.1, 0.15) is 51.9 Å². The molecule has 0 bridgehead atoms. The summed E-state index contributed by atoms with van der Waals surface area (Å²) in [5.41, 5.74) is -0.0587. The summed E-state index contributed by atoms with van der Waals surface area (Å²) in [6, 6.07) is -0.0144. The number of piperidine rings is 1. The number of carbonyl (C=O) groups is 2. The molecule has 2 amide bonds. The molecule has 1 unspecified atom stereocenters. The summed E-state index contributed by atoms with van der Waals surface area (Å²) in [6.45, 7) is 3.43. The lowest BCUT2D eigenvalue weighted by molar-refractivity contribution is -0.138. The van der Waals surface area contributed by atoms with E-state index in [-0.39, 0.29) is 23.9 Å². The molecule has 108 valence electrons. The minimum Gasteiger partial charge on any atom is -0.481 e. The second-order valence-electron chi connectivity index (χ2n) is 6.25. The van der Waals surface area contributed by atoms with E-state index in [2.05, 4.69) is 12.2 Å². The smallest absolute Gasteiger partial charge is 0.317 e. The van der Waals surface area contributed by atoms with Gasteiger partial charge < -0.3 is 15.3 Å². The number of carbonyl (C=O) groups excluding carboxylic acids is 1. The minimum atomic E-state index is -0.769. The molecule has 19 heavy (non-hydrogen) atoms. The van der Waals surface area contributed by atoms with Crippen LogP contribution in [0.3, 0.4) is 0 Å². The number of hydrogen-bond acceptors (Lipinski definition) is 2. The molecule has 5 heteroatoms. The molecular formula is C14H24N2O3. The van der Waals surface area contributed by atoms with Crippen molar-refractivity contribution in [2.45, 2.75) is 57.4 Å². The predicted octanol–water partition coefficient (Wildman–Crippen LogP) is 2.22. The van der Waals surface area contributed by atoms with E-state index in [1.54, 1.807) is 4.90 Å². The number of likely N-dealkylation sites (tertiary alicyclic amines) is 1. The van der Waals surface area contributed by atoms with Gasteiger partial charge in [-0.25, -0.2) is 4.79 Å². The van der Waals surface area contributed by atoms with Crippen LogP contribution in [0.4, 0.5) is 4.79 Å². The molecule has 2 rings (SSSR count). The molecule has 5 nitrogen and oxygen atoms in total. The summed E-state index contributed by atoms with van der Waals surface area (Å²) in [5, 5.41) is 12.0. The molecule has 1 saturated heterocycles. The van der Waals surface area contributed by atoms with Crippen molar-refractivity contribution in [3.8, 4) is 0 Å². The summed E-state index contributed by atoms with van der Waals surface area (Å²) in [6.07, 6.45) is 6.43. The molecule has 1 aliphatic carbocycles. The van der Waals surface area contributed by atoms with Crippen molar-refractivity contribution in [2.24, 2.45) is 5.92 Å². The van der Waals surface area contributed by atoms with Crippen LogP contribution in [0.15, 0.2) is 0 Å². The Hall–Kier alpha value is -1.26. The first-order valence-electron chi connectivity index (χ1n) is 7.27. The first kappa shape index (κ1) is 14.2. The Morgan fingerprint density at radius 1 is 1.32 bits per heavy atom. The van der Waals surface area contributed by atoms with Crippen LogP contribution in [0.2, 0.25) is 0 Å². The number of nitrogens with zero attached hydrogens (tertiary/aromatic N) is 1. The van der Waals surface area contributed by atoms with Crippen molar-refractivity contribution in [2.75, 3.05) is 13.1 Å². The Morgan fingerprint density at radius 3 is 2.63 bits per heavy atom.